The van der Waals surface area contributed by atoms with Crippen molar-refractivity contribution in [2.24, 2.45) is 0 Å². The van der Waals surface area contributed by atoms with E-state index in [1.54, 1.807) is 26.0 Å². The SMILES string of the molecule is CC(O)C(C)Sc1c(F)cccc1[C@H](C)O. The molecule has 0 heterocycles. The van der Waals surface area contributed by atoms with E-state index in [-0.39, 0.29) is 11.1 Å². The number of thioether (sulfide) groups is 1. The Balaban J connectivity index is 3.01. The van der Waals surface area contributed by atoms with Crippen LogP contribution in [0.3, 0.4) is 0 Å². The van der Waals surface area contributed by atoms with Gasteiger partial charge in [0.1, 0.15) is 5.82 Å². The molecule has 0 saturated heterocycles. The molecule has 3 atom stereocenters. The monoisotopic (exact) mass is 244 g/mol. The van der Waals surface area contributed by atoms with Crippen LogP contribution in [-0.4, -0.2) is 21.6 Å². The molecule has 2 unspecified atom stereocenters. The highest BCUT2D eigenvalue weighted by molar-refractivity contribution is 8.00. The van der Waals surface area contributed by atoms with Crippen molar-refractivity contribution >= 4 is 11.8 Å². The summed E-state index contributed by atoms with van der Waals surface area (Å²) in [5.74, 6) is -0.351. The number of benzene rings is 1. The summed E-state index contributed by atoms with van der Waals surface area (Å²) in [4.78, 5) is 0.422. The van der Waals surface area contributed by atoms with E-state index in [1.807, 2.05) is 6.92 Å². The minimum absolute atomic E-state index is 0.116. The summed E-state index contributed by atoms with van der Waals surface area (Å²) in [6.45, 7) is 5.10. The average molecular weight is 244 g/mol. The zero-order valence-corrected chi connectivity index (χ0v) is 10.5. The normalized spacial score (nSPS) is 16.9. The third-order valence-electron chi connectivity index (χ3n) is 2.43. The lowest BCUT2D eigenvalue weighted by Crippen LogP contribution is -2.15. The molecule has 2 N–H and O–H groups in total. The molecule has 2 nitrogen and oxygen atoms in total. The van der Waals surface area contributed by atoms with Gasteiger partial charge in [-0.3, -0.25) is 0 Å². The molecular formula is C12H17FO2S. The van der Waals surface area contributed by atoms with Crippen LogP contribution in [-0.2, 0) is 0 Å². The molecule has 0 radical (unpaired) electrons. The number of hydrogen-bond acceptors (Lipinski definition) is 3. The van der Waals surface area contributed by atoms with Crippen molar-refractivity contribution in [3.8, 4) is 0 Å². The summed E-state index contributed by atoms with van der Waals surface area (Å²) in [6.07, 6.45) is -1.23. The zero-order chi connectivity index (χ0) is 12.3. The predicted octanol–water partition coefficient (Wildman–Crippen LogP) is 2.74. The van der Waals surface area contributed by atoms with Gasteiger partial charge in [-0.25, -0.2) is 4.39 Å². The summed E-state index contributed by atoms with van der Waals surface area (Å²) in [5.41, 5.74) is 0.567. The quantitative estimate of drug-likeness (QED) is 0.800. The second kappa shape index (κ2) is 5.66. The first-order valence-electron chi connectivity index (χ1n) is 5.24. The molecule has 0 aromatic heterocycles. The summed E-state index contributed by atoms with van der Waals surface area (Å²) >= 11 is 1.25. The molecule has 90 valence electrons. The van der Waals surface area contributed by atoms with Crippen molar-refractivity contribution in [1.29, 1.82) is 0 Å². The molecule has 0 amide bonds. The van der Waals surface area contributed by atoms with E-state index in [9.17, 15) is 14.6 Å². The van der Waals surface area contributed by atoms with Gasteiger partial charge in [0, 0.05) is 10.1 Å². The molecule has 0 aliphatic carbocycles. The van der Waals surface area contributed by atoms with Crippen molar-refractivity contribution in [1.82, 2.24) is 0 Å². The van der Waals surface area contributed by atoms with Crippen LogP contribution < -0.4 is 0 Å². The van der Waals surface area contributed by atoms with Gasteiger partial charge in [-0.15, -0.1) is 11.8 Å². The van der Waals surface area contributed by atoms with Crippen LogP contribution in [0.5, 0.6) is 0 Å². The molecule has 0 saturated carbocycles. The minimum atomic E-state index is -0.709. The van der Waals surface area contributed by atoms with Gasteiger partial charge in [0.2, 0.25) is 0 Å². The number of hydrogen-bond donors (Lipinski definition) is 2. The van der Waals surface area contributed by atoms with E-state index in [1.165, 1.54) is 17.8 Å². The first-order chi connectivity index (χ1) is 7.43. The molecular weight excluding hydrogens is 227 g/mol. The van der Waals surface area contributed by atoms with Gasteiger partial charge in [-0.2, -0.15) is 0 Å². The fourth-order valence-electron chi connectivity index (χ4n) is 1.26. The van der Waals surface area contributed by atoms with Gasteiger partial charge in [-0.05, 0) is 25.5 Å². The lowest BCUT2D eigenvalue weighted by molar-refractivity contribution is 0.193. The fraction of sp³-hybridized carbons (Fsp3) is 0.500. The second-order valence-corrected chi connectivity index (χ2v) is 5.29. The van der Waals surface area contributed by atoms with Crippen LogP contribution >= 0.6 is 11.8 Å². The van der Waals surface area contributed by atoms with Crippen molar-refractivity contribution in [2.45, 2.75) is 43.1 Å². The Hall–Kier alpha value is -0.580. The topological polar surface area (TPSA) is 40.5 Å². The van der Waals surface area contributed by atoms with Crippen LogP contribution in [0.4, 0.5) is 4.39 Å². The van der Waals surface area contributed by atoms with Crippen LogP contribution in [0, 0.1) is 5.82 Å². The van der Waals surface area contributed by atoms with Crippen molar-refractivity contribution in [3.63, 3.8) is 0 Å². The van der Waals surface area contributed by atoms with Crippen molar-refractivity contribution in [3.05, 3.63) is 29.6 Å². The van der Waals surface area contributed by atoms with E-state index >= 15 is 0 Å². The highest BCUT2D eigenvalue weighted by Gasteiger charge is 2.18. The number of halogens is 1. The summed E-state index contributed by atoms with van der Waals surface area (Å²) in [6, 6.07) is 4.64. The van der Waals surface area contributed by atoms with Crippen LogP contribution in [0.2, 0.25) is 0 Å². The Labute approximate surface area is 99.5 Å². The number of aliphatic hydroxyl groups is 2. The first-order valence-corrected chi connectivity index (χ1v) is 6.12. The smallest absolute Gasteiger partial charge is 0.137 e. The maximum atomic E-state index is 13.6. The van der Waals surface area contributed by atoms with Gasteiger partial charge >= 0.3 is 0 Å². The fourth-order valence-corrected chi connectivity index (χ4v) is 2.39. The van der Waals surface area contributed by atoms with Gasteiger partial charge in [-0.1, -0.05) is 19.1 Å². The molecule has 1 rings (SSSR count). The first kappa shape index (κ1) is 13.5. The maximum Gasteiger partial charge on any atom is 0.137 e. The van der Waals surface area contributed by atoms with Crippen LogP contribution in [0.15, 0.2) is 23.1 Å². The standard InChI is InChI=1S/C12H17FO2S/c1-7(14)9(3)16-12-10(8(2)15)5-4-6-11(12)13/h4-9,14-15H,1-3H3/t7?,8-,9?/m0/s1. The molecule has 0 spiro atoms. The Morgan fingerprint density at radius 2 is 1.81 bits per heavy atom. The summed E-state index contributed by atoms with van der Waals surface area (Å²) in [7, 11) is 0. The van der Waals surface area contributed by atoms with Gasteiger partial charge in [0.25, 0.3) is 0 Å². The molecule has 0 aliphatic heterocycles. The largest absolute Gasteiger partial charge is 0.392 e. The maximum absolute atomic E-state index is 13.6. The average Bonchev–Trinajstić information content (AvgIpc) is 2.20. The highest BCUT2D eigenvalue weighted by Crippen LogP contribution is 2.33. The third-order valence-corrected chi connectivity index (χ3v) is 3.86. The lowest BCUT2D eigenvalue weighted by Gasteiger charge is -2.18. The van der Waals surface area contributed by atoms with E-state index in [0.717, 1.165) is 0 Å². The third kappa shape index (κ3) is 3.20. The Bertz CT molecular complexity index is 353. The minimum Gasteiger partial charge on any atom is -0.392 e. The molecule has 4 heteroatoms. The van der Waals surface area contributed by atoms with Crippen molar-refractivity contribution < 1.29 is 14.6 Å². The van der Waals surface area contributed by atoms with E-state index in [4.69, 9.17) is 0 Å². The Morgan fingerprint density at radius 3 is 2.31 bits per heavy atom. The zero-order valence-electron chi connectivity index (χ0n) is 9.64. The molecule has 16 heavy (non-hydrogen) atoms. The van der Waals surface area contributed by atoms with Crippen LogP contribution in [0.1, 0.15) is 32.4 Å². The summed E-state index contributed by atoms with van der Waals surface area (Å²) in [5, 5.41) is 18.8. The van der Waals surface area contributed by atoms with E-state index in [2.05, 4.69) is 0 Å². The highest BCUT2D eigenvalue weighted by atomic mass is 32.2. The molecule has 1 aromatic carbocycles. The van der Waals surface area contributed by atoms with Gasteiger partial charge < -0.3 is 10.2 Å². The van der Waals surface area contributed by atoms with Crippen LogP contribution in [0.25, 0.3) is 0 Å². The van der Waals surface area contributed by atoms with Gasteiger partial charge in [0.05, 0.1) is 12.2 Å². The lowest BCUT2D eigenvalue weighted by atomic mass is 10.1. The Morgan fingerprint density at radius 1 is 1.19 bits per heavy atom. The Kier molecular flexibility index (Phi) is 4.77. The molecule has 1 aromatic rings. The molecule has 0 aliphatic rings. The summed E-state index contributed by atoms with van der Waals surface area (Å²) < 4.78 is 13.6. The molecule has 0 fully saturated rings. The van der Waals surface area contributed by atoms with Gasteiger partial charge in [0.15, 0.2) is 0 Å². The van der Waals surface area contributed by atoms with Crippen molar-refractivity contribution in [2.75, 3.05) is 0 Å². The number of aliphatic hydroxyl groups excluding tert-OH is 2. The number of rotatable bonds is 4. The molecule has 0 bridgehead atoms. The van der Waals surface area contributed by atoms with E-state index < -0.39 is 12.2 Å². The van der Waals surface area contributed by atoms with E-state index in [0.29, 0.717) is 10.5 Å². The second-order valence-electron chi connectivity index (χ2n) is 3.90. The predicted molar refractivity (Wildman–Crippen MR) is 64.0 cm³/mol.